The summed E-state index contributed by atoms with van der Waals surface area (Å²) in [6.45, 7) is 2.21. The molecule has 0 bridgehead atoms. The van der Waals surface area contributed by atoms with Gasteiger partial charge in [-0.05, 0) is 25.7 Å². The van der Waals surface area contributed by atoms with Crippen LogP contribution in [-0.4, -0.2) is 23.8 Å². The number of aromatic nitrogens is 2. The molecule has 0 radical (unpaired) electrons. The third-order valence-corrected chi connectivity index (χ3v) is 4.60. The van der Waals surface area contributed by atoms with Crippen LogP contribution in [-0.2, 0) is 5.54 Å². The number of fused-ring (bicyclic) bond motifs is 1. The monoisotopic (exact) mass is 275 g/mol. The smallest absolute Gasteiger partial charge is 0.201 e. The highest BCUT2D eigenvalue weighted by atomic mass is 16.5. The minimum atomic E-state index is 0.123. The highest BCUT2D eigenvalue weighted by Crippen LogP contribution is 2.46. The van der Waals surface area contributed by atoms with Crippen LogP contribution in [0, 0.1) is 0 Å². The summed E-state index contributed by atoms with van der Waals surface area (Å²) < 4.78 is 12.9. The van der Waals surface area contributed by atoms with Gasteiger partial charge in [-0.1, -0.05) is 6.92 Å². The van der Waals surface area contributed by atoms with E-state index in [0.717, 1.165) is 30.3 Å². The Balaban J connectivity index is 2.24. The first-order chi connectivity index (χ1) is 9.65. The molecule has 20 heavy (non-hydrogen) atoms. The lowest BCUT2D eigenvalue weighted by Gasteiger charge is -2.43. The zero-order valence-corrected chi connectivity index (χ0v) is 12.3. The van der Waals surface area contributed by atoms with Gasteiger partial charge in [0, 0.05) is 17.7 Å². The van der Waals surface area contributed by atoms with Gasteiger partial charge in [0.2, 0.25) is 5.95 Å². The van der Waals surface area contributed by atoms with E-state index in [1.807, 2.05) is 12.1 Å². The fourth-order valence-electron chi connectivity index (χ4n) is 3.24. The van der Waals surface area contributed by atoms with Crippen molar-refractivity contribution < 1.29 is 9.47 Å². The van der Waals surface area contributed by atoms with Crippen LogP contribution in [0.5, 0.6) is 11.5 Å². The van der Waals surface area contributed by atoms with Crippen LogP contribution in [0.2, 0.25) is 0 Å². The van der Waals surface area contributed by atoms with Crippen molar-refractivity contribution in [2.45, 2.75) is 38.1 Å². The second kappa shape index (κ2) is 4.58. The number of nitrogens with zero attached hydrogens (tertiary/aromatic N) is 2. The Bertz CT molecular complexity index is 639. The number of hydrogen-bond donors (Lipinski definition) is 1. The molecule has 1 aliphatic rings. The number of imidazole rings is 1. The lowest BCUT2D eigenvalue weighted by Crippen LogP contribution is -2.40. The van der Waals surface area contributed by atoms with Gasteiger partial charge in [0.15, 0.2) is 11.5 Å². The largest absolute Gasteiger partial charge is 0.493 e. The van der Waals surface area contributed by atoms with Crippen molar-refractivity contribution >= 4 is 17.0 Å². The van der Waals surface area contributed by atoms with E-state index in [1.165, 1.54) is 6.42 Å². The molecule has 2 aromatic rings. The third-order valence-electron chi connectivity index (χ3n) is 4.60. The number of methoxy groups -OCH3 is 2. The first-order valence-corrected chi connectivity index (χ1v) is 7.05. The van der Waals surface area contributed by atoms with Crippen LogP contribution in [0.25, 0.3) is 11.0 Å². The molecule has 1 heterocycles. The number of rotatable bonds is 4. The summed E-state index contributed by atoms with van der Waals surface area (Å²) in [5, 5.41) is 0. The van der Waals surface area contributed by atoms with Crippen molar-refractivity contribution in [3.05, 3.63) is 12.1 Å². The predicted molar refractivity (Wildman–Crippen MR) is 79.4 cm³/mol. The molecule has 5 nitrogen and oxygen atoms in total. The number of benzene rings is 1. The molecule has 0 spiro atoms. The average molecular weight is 275 g/mol. The second-order valence-electron chi connectivity index (χ2n) is 5.43. The van der Waals surface area contributed by atoms with Crippen molar-refractivity contribution in [2.24, 2.45) is 0 Å². The van der Waals surface area contributed by atoms with Crippen LogP contribution in [0.4, 0.5) is 5.95 Å². The standard InChI is InChI=1S/C15H21N3O2/c1-4-15(6-5-7-15)18-11-9-13(20-3)12(19-2)8-10(11)17-14(18)16/h8-9H,4-7H2,1-3H3,(H2,16,17). The van der Waals surface area contributed by atoms with Crippen LogP contribution in [0.15, 0.2) is 12.1 Å². The first-order valence-electron chi connectivity index (χ1n) is 7.05. The summed E-state index contributed by atoms with van der Waals surface area (Å²) in [4.78, 5) is 4.50. The molecular formula is C15H21N3O2. The molecule has 0 atom stereocenters. The van der Waals surface area contributed by atoms with Gasteiger partial charge < -0.3 is 19.8 Å². The molecule has 108 valence electrons. The third kappa shape index (κ3) is 1.65. The van der Waals surface area contributed by atoms with Crippen molar-refractivity contribution in [3.63, 3.8) is 0 Å². The van der Waals surface area contributed by atoms with E-state index in [-0.39, 0.29) is 5.54 Å². The van der Waals surface area contributed by atoms with E-state index >= 15 is 0 Å². The summed E-state index contributed by atoms with van der Waals surface area (Å²) in [7, 11) is 3.27. The Labute approximate surface area is 118 Å². The van der Waals surface area contributed by atoms with E-state index < -0.39 is 0 Å². The van der Waals surface area contributed by atoms with Gasteiger partial charge in [0.25, 0.3) is 0 Å². The van der Waals surface area contributed by atoms with E-state index in [0.29, 0.717) is 17.4 Å². The van der Waals surface area contributed by atoms with E-state index in [9.17, 15) is 0 Å². The zero-order chi connectivity index (χ0) is 14.3. The van der Waals surface area contributed by atoms with Gasteiger partial charge in [-0.3, -0.25) is 0 Å². The molecule has 0 saturated heterocycles. The van der Waals surface area contributed by atoms with Gasteiger partial charge >= 0.3 is 0 Å². The molecule has 0 aliphatic heterocycles. The van der Waals surface area contributed by atoms with Crippen LogP contribution >= 0.6 is 0 Å². The maximum atomic E-state index is 6.18. The van der Waals surface area contributed by atoms with Crippen molar-refractivity contribution in [1.82, 2.24) is 9.55 Å². The summed E-state index contributed by atoms with van der Waals surface area (Å²) in [6.07, 6.45) is 4.64. The summed E-state index contributed by atoms with van der Waals surface area (Å²) in [5.41, 5.74) is 8.19. The lowest BCUT2D eigenvalue weighted by molar-refractivity contribution is 0.144. The van der Waals surface area contributed by atoms with Crippen LogP contribution < -0.4 is 15.2 Å². The van der Waals surface area contributed by atoms with Crippen LogP contribution in [0.3, 0.4) is 0 Å². The van der Waals surface area contributed by atoms with E-state index in [1.54, 1.807) is 14.2 Å². The second-order valence-corrected chi connectivity index (χ2v) is 5.43. The molecule has 3 rings (SSSR count). The highest BCUT2D eigenvalue weighted by Gasteiger charge is 2.39. The fourth-order valence-corrected chi connectivity index (χ4v) is 3.24. The Kier molecular flexibility index (Phi) is 3.00. The lowest BCUT2D eigenvalue weighted by atomic mass is 9.74. The molecule has 0 amide bonds. The minimum Gasteiger partial charge on any atom is -0.493 e. The number of nitrogen functional groups attached to an aromatic ring is 1. The molecule has 2 N–H and O–H groups in total. The molecule has 1 aliphatic carbocycles. The van der Waals surface area contributed by atoms with E-state index in [2.05, 4.69) is 16.5 Å². The van der Waals surface area contributed by atoms with Crippen molar-refractivity contribution in [3.8, 4) is 11.5 Å². The van der Waals surface area contributed by atoms with Crippen LogP contribution in [0.1, 0.15) is 32.6 Å². The Morgan fingerprint density at radius 1 is 1.25 bits per heavy atom. The number of anilines is 1. The van der Waals surface area contributed by atoms with Gasteiger partial charge in [0.05, 0.1) is 25.3 Å². The average Bonchev–Trinajstić information content (AvgIpc) is 2.73. The van der Waals surface area contributed by atoms with Gasteiger partial charge in [-0.2, -0.15) is 0 Å². The minimum absolute atomic E-state index is 0.123. The SMILES string of the molecule is CCC1(n2c(N)nc3cc(OC)c(OC)cc32)CCC1. The Hall–Kier alpha value is -1.91. The molecule has 1 aromatic heterocycles. The maximum absolute atomic E-state index is 6.18. The molecule has 5 heteroatoms. The highest BCUT2D eigenvalue weighted by molar-refractivity contribution is 5.83. The van der Waals surface area contributed by atoms with Gasteiger partial charge in [-0.25, -0.2) is 4.98 Å². The predicted octanol–water partition coefficient (Wildman–Crippen LogP) is 2.92. The quantitative estimate of drug-likeness (QED) is 0.932. The Morgan fingerprint density at radius 2 is 1.90 bits per heavy atom. The number of nitrogens with two attached hydrogens (primary N) is 1. The Morgan fingerprint density at radius 3 is 2.40 bits per heavy atom. The summed E-state index contributed by atoms with van der Waals surface area (Å²) >= 11 is 0. The summed E-state index contributed by atoms with van der Waals surface area (Å²) in [5.74, 6) is 1.98. The number of ether oxygens (including phenoxy) is 2. The molecule has 1 saturated carbocycles. The van der Waals surface area contributed by atoms with Crippen molar-refractivity contribution in [1.29, 1.82) is 0 Å². The molecular weight excluding hydrogens is 254 g/mol. The zero-order valence-electron chi connectivity index (χ0n) is 12.3. The fraction of sp³-hybridized carbons (Fsp3) is 0.533. The number of hydrogen-bond acceptors (Lipinski definition) is 4. The molecule has 1 fully saturated rings. The van der Waals surface area contributed by atoms with Crippen molar-refractivity contribution in [2.75, 3.05) is 20.0 Å². The summed E-state index contributed by atoms with van der Waals surface area (Å²) in [6, 6.07) is 3.87. The first kappa shape index (κ1) is 13.1. The molecule has 0 unspecified atom stereocenters. The van der Waals surface area contributed by atoms with Gasteiger partial charge in [0.1, 0.15) is 0 Å². The molecule has 1 aromatic carbocycles. The normalized spacial score (nSPS) is 16.9. The topological polar surface area (TPSA) is 62.3 Å². The van der Waals surface area contributed by atoms with Gasteiger partial charge in [-0.15, -0.1) is 0 Å². The maximum Gasteiger partial charge on any atom is 0.201 e. The van der Waals surface area contributed by atoms with E-state index in [4.69, 9.17) is 15.2 Å².